The van der Waals surface area contributed by atoms with Crippen molar-refractivity contribution >= 4 is 17.6 Å². The van der Waals surface area contributed by atoms with Crippen molar-refractivity contribution in [1.29, 1.82) is 0 Å². The highest BCUT2D eigenvalue weighted by Gasteiger charge is 2.53. The molecule has 1 aromatic rings. The van der Waals surface area contributed by atoms with Crippen molar-refractivity contribution in [3.63, 3.8) is 0 Å². The molecular weight excluding hydrogens is 270 g/mol. The molecule has 0 saturated carbocycles. The molecule has 2 bridgehead atoms. The Labute approximate surface area is 122 Å². The van der Waals surface area contributed by atoms with Crippen molar-refractivity contribution in [3.05, 3.63) is 41.5 Å². The highest BCUT2D eigenvalue weighted by Crippen LogP contribution is 2.39. The molecule has 1 saturated heterocycles. The average Bonchev–Trinajstić information content (AvgIpc) is 3.03. The number of fused-ring (bicyclic) bond motifs is 2. The van der Waals surface area contributed by atoms with E-state index in [-0.39, 0.29) is 5.91 Å². The highest BCUT2D eigenvalue weighted by atomic mass is 16.5. The summed E-state index contributed by atoms with van der Waals surface area (Å²) in [6, 6.07) is 5.63. The van der Waals surface area contributed by atoms with E-state index >= 15 is 0 Å². The van der Waals surface area contributed by atoms with Crippen molar-refractivity contribution < 1.29 is 19.4 Å². The van der Waals surface area contributed by atoms with E-state index < -0.39 is 30.0 Å². The van der Waals surface area contributed by atoms with Crippen LogP contribution in [-0.4, -0.2) is 29.2 Å². The van der Waals surface area contributed by atoms with Gasteiger partial charge >= 0.3 is 5.97 Å². The van der Waals surface area contributed by atoms with Gasteiger partial charge in [-0.2, -0.15) is 0 Å². The maximum Gasteiger partial charge on any atom is 0.310 e. The first-order valence-electron chi connectivity index (χ1n) is 6.92. The second-order valence-electron chi connectivity index (χ2n) is 5.63. The van der Waals surface area contributed by atoms with Crippen molar-refractivity contribution in [2.75, 3.05) is 5.32 Å². The summed E-state index contributed by atoms with van der Waals surface area (Å²) in [7, 11) is 0. The summed E-state index contributed by atoms with van der Waals surface area (Å²) in [5.41, 5.74) is 2.90. The third-order valence-corrected chi connectivity index (χ3v) is 4.26. The lowest BCUT2D eigenvalue weighted by Crippen LogP contribution is -2.39. The van der Waals surface area contributed by atoms with Crippen LogP contribution < -0.4 is 5.32 Å². The van der Waals surface area contributed by atoms with Gasteiger partial charge in [0, 0.05) is 5.69 Å². The molecule has 0 unspecified atom stereocenters. The van der Waals surface area contributed by atoms with Gasteiger partial charge in [-0.1, -0.05) is 18.2 Å². The Morgan fingerprint density at radius 1 is 1.10 bits per heavy atom. The standard InChI is InChI=1S/C16H17NO4/c1-8-3-4-10(7-9(8)2)17-15(18)13-11-5-6-12(21-11)14(13)16(19)20/h3-7,11-14H,1-2H3,(H,17,18)(H,19,20)/t11-,12+,13-,14+/m1/s1. The molecule has 1 aromatic carbocycles. The number of carbonyl (C=O) groups excluding carboxylic acids is 1. The third-order valence-electron chi connectivity index (χ3n) is 4.26. The van der Waals surface area contributed by atoms with Gasteiger partial charge in [-0.05, 0) is 37.1 Å². The molecule has 3 rings (SSSR count). The molecule has 1 fully saturated rings. The fourth-order valence-electron chi connectivity index (χ4n) is 2.96. The first kappa shape index (κ1) is 13.8. The Hall–Kier alpha value is -2.14. The molecule has 0 aliphatic carbocycles. The zero-order valence-electron chi connectivity index (χ0n) is 11.9. The van der Waals surface area contributed by atoms with Crippen LogP contribution in [0.5, 0.6) is 0 Å². The molecule has 2 heterocycles. The quantitative estimate of drug-likeness (QED) is 0.833. The predicted molar refractivity (Wildman–Crippen MR) is 77.0 cm³/mol. The topological polar surface area (TPSA) is 75.6 Å². The first-order valence-corrected chi connectivity index (χ1v) is 6.92. The molecule has 5 nitrogen and oxygen atoms in total. The number of aryl methyl sites for hydroxylation is 2. The number of carbonyl (C=O) groups is 2. The lowest BCUT2D eigenvalue weighted by Gasteiger charge is -2.21. The molecule has 0 radical (unpaired) electrons. The van der Waals surface area contributed by atoms with E-state index in [4.69, 9.17) is 4.74 Å². The van der Waals surface area contributed by atoms with Crippen LogP contribution in [0.4, 0.5) is 5.69 Å². The maximum atomic E-state index is 12.4. The van der Waals surface area contributed by atoms with Crippen LogP contribution in [0.3, 0.4) is 0 Å². The Kier molecular flexibility index (Phi) is 3.29. The van der Waals surface area contributed by atoms with Crippen LogP contribution in [0, 0.1) is 25.7 Å². The minimum absolute atomic E-state index is 0.303. The molecule has 0 spiro atoms. The zero-order valence-corrected chi connectivity index (χ0v) is 11.9. The molecule has 0 aromatic heterocycles. The Morgan fingerprint density at radius 2 is 1.76 bits per heavy atom. The van der Waals surface area contributed by atoms with E-state index in [2.05, 4.69) is 5.32 Å². The van der Waals surface area contributed by atoms with Gasteiger partial charge in [-0.25, -0.2) is 0 Å². The number of carboxylic acids is 1. The largest absolute Gasteiger partial charge is 0.481 e. The van der Waals surface area contributed by atoms with Crippen LogP contribution in [0.2, 0.25) is 0 Å². The van der Waals surface area contributed by atoms with Gasteiger partial charge in [0.25, 0.3) is 0 Å². The summed E-state index contributed by atoms with van der Waals surface area (Å²) in [5.74, 6) is -2.79. The van der Waals surface area contributed by atoms with Crippen molar-refractivity contribution in [1.82, 2.24) is 0 Å². The number of hydrogen-bond donors (Lipinski definition) is 2. The SMILES string of the molecule is Cc1ccc(NC(=O)[C@H]2[C@@H](C(=O)O)[C@@H]3C=C[C@H]2O3)cc1C. The molecular formula is C16H17NO4. The lowest BCUT2D eigenvalue weighted by molar-refractivity contribution is -0.145. The van der Waals surface area contributed by atoms with Crippen LogP contribution in [0.15, 0.2) is 30.4 Å². The van der Waals surface area contributed by atoms with Gasteiger partial charge < -0.3 is 15.2 Å². The van der Waals surface area contributed by atoms with Gasteiger partial charge in [0.2, 0.25) is 5.91 Å². The Morgan fingerprint density at radius 3 is 2.38 bits per heavy atom. The summed E-state index contributed by atoms with van der Waals surface area (Å²) >= 11 is 0. The summed E-state index contributed by atoms with van der Waals surface area (Å²) in [6.45, 7) is 3.96. The smallest absolute Gasteiger partial charge is 0.310 e. The zero-order chi connectivity index (χ0) is 15.1. The summed E-state index contributed by atoms with van der Waals surface area (Å²) < 4.78 is 5.51. The number of hydrogen-bond acceptors (Lipinski definition) is 3. The second kappa shape index (κ2) is 5.00. The van der Waals surface area contributed by atoms with E-state index in [1.54, 1.807) is 12.2 Å². The van der Waals surface area contributed by atoms with Gasteiger partial charge in [0.05, 0.1) is 18.1 Å². The number of ether oxygens (including phenoxy) is 1. The molecule has 2 aliphatic heterocycles. The fraction of sp³-hybridized carbons (Fsp3) is 0.375. The van der Waals surface area contributed by atoms with Gasteiger partial charge in [0.1, 0.15) is 5.92 Å². The minimum Gasteiger partial charge on any atom is -0.481 e. The minimum atomic E-state index is -0.993. The van der Waals surface area contributed by atoms with Gasteiger partial charge in [0.15, 0.2) is 0 Å². The summed E-state index contributed by atoms with van der Waals surface area (Å²) in [5, 5.41) is 12.1. The van der Waals surface area contributed by atoms with Gasteiger partial charge in [-0.15, -0.1) is 0 Å². The van der Waals surface area contributed by atoms with Crippen LogP contribution in [0.25, 0.3) is 0 Å². The van der Waals surface area contributed by atoms with Crippen LogP contribution in [0.1, 0.15) is 11.1 Å². The number of benzene rings is 1. The molecule has 21 heavy (non-hydrogen) atoms. The molecule has 4 atom stereocenters. The second-order valence-corrected chi connectivity index (χ2v) is 5.63. The first-order chi connectivity index (χ1) is 9.97. The van der Waals surface area contributed by atoms with E-state index in [1.165, 1.54) is 0 Å². The number of carboxylic acid groups (broad SMARTS) is 1. The van der Waals surface area contributed by atoms with E-state index in [1.807, 2.05) is 32.0 Å². The average molecular weight is 287 g/mol. The number of anilines is 1. The van der Waals surface area contributed by atoms with Crippen molar-refractivity contribution in [2.24, 2.45) is 11.8 Å². The molecule has 2 N–H and O–H groups in total. The number of aliphatic carboxylic acids is 1. The Balaban J connectivity index is 1.80. The monoisotopic (exact) mass is 287 g/mol. The molecule has 1 amide bonds. The van der Waals surface area contributed by atoms with Crippen molar-refractivity contribution in [2.45, 2.75) is 26.1 Å². The number of amides is 1. The maximum absolute atomic E-state index is 12.4. The highest BCUT2D eigenvalue weighted by molar-refractivity contribution is 5.96. The Bertz CT molecular complexity index is 637. The van der Waals surface area contributed by atoms with E-state index in [0.29, 0.717) is 5.69 Å². The molecule has 2 aliphatic rings. The summed E-state index contributed by atoms with van der Waals surface area (Å²) in [6.07, 6.45) is 2.56. The predicted octanol–water partition coefficient (Wildman–Crippen LogP) is 1.90. The van der Waals surface area contributed by atoms with Gasteiger partial charge in [-0.3, -0.25) is 9.59 Å². The van der Waals surface area contributed by atoms with E-state index in [0.717, 1.165) is 11.1 Å². The van der Waals surface area contributed by atoms with Crippen LogP contribution in [-0.2, 0) is 14.3 Å². The normalized spacial score (nSPS) is 29.6. The van der Waals surface area contributed by atoms with E-state index in [9.17, 15) is 14.7 Å². The summed E-state index contributed by atoms with van der Waals surface area (Å²) in [4.78, 5) is 23.8. The van der Waals surface area contributed by atoms with Crippen molar-refractivity contribution in [3.8, 4) is 0 Å². The number of rotatable bonds is 3. The molecule has 110 valence electrons. The van der Waals surface area contributed by atoms with Crippen LogP contribution >= 0.6 is 0 Å². The fourth-order valence-corrected chi connectivity index (χ4v) is 2.96. The molecule has 5 heteroatoms. The lowest BCUT2D eigenvalue weighted by atomic mass is 9.82. The third kappa shape index (κ3) is 2.34. The number of nitrogens with one attached hydrogen (secondary N) is 1.